The van der Waals surface area contributed by atoms with Crippen molar-refractivity contribution in [3.05, 3.63) is 0 Å². The fourth-order valence-electron chi connectivity index (χ4n) is 3.09. The number of carbonyl (C=O) groups is 1. The van der Waals surface area contributed by atoms with Crippen molar-refractivity contribution in [2.24, 2.45) is 11.7 Å². The molecule has 0 spiro atoms. The van der Waals surface area contributed by atoms with Crippen LogP contribution in [0.3, 0.4) is 0 Å². The van der Waals surface area contributed by atoms with Crippen molar-refractivity contribution in [2.45, 2.75) is 83.9 Å². The highest BCUT2D eigenvalue weighted by Gasteiger charge is 2.32. The van der Waals surface area contributed by atoms with E-state index in [9.17, 15) is 4.79 Å². The Hall–Kier alpha value is -0.320. The summed E-state index contributed by atoms with van der Waals surface area (Å²) in [6, 6.07) is 0.210. The Bertz CT molecular complexity index is 307. The van der Waals surface area contributed by atoms with Gasteiger partial charge in [-0.3, -0.25) is 4.79 Å². The van der Waals surface area contributed by atoms with E-state index in [0.717, 1.165) is 45.1 Å². The van der Waals surface area contributed by atoms with Gasteiger partial charge in [0.2, 0.25) is 5.91 Å². The van der Waals surface area contributed by atoms with Crippen LogP contribution < -0.4 is 11.1 Å². The molecule has 3 unspecified atom stereocenters. The molecule has 0 aromatic carbocycles. The van der Waals surface area contributed by atoms with Crippen LogP contribution in [0.2, 0.25) is 0 Å². The maximum atomic E-state index is 12.3. The molecule has 1 aliphatic heterocycles. The van der Waals surface area contributed by atoms with Crippen molar-refractivity contribution in [2.75, 3.05) is 6.61 Å². The van der Waals surface area contributed by atoms with Crippen molar-refractivity contribution < 1.29 is 9.53 Å². The van der Waals surface area contributed by atoms with Gasteiger partial charge >= 0.3 is 0 Å². The third-order valence-corrected chi connectivity index (χ3v) is 4.51. The van der Waals surface area contributed by atoms with Crippen molar-refractivity contribution in [3.63, 3.8) is 0 Å². The molecule has 3 atom stereocenters. The highest BCUT2D eigenvalue weighted by Crippen LogP contribution is 2.25. The van der Waals surface area contributed by atoms with Crippen LogP contribution in [0.15, 0.2) is 0 Å². The minimum atomic E-state index is -0.753. The molecule has 126 valence electrons. The summed E-state index contributed by atoms with van der Waals surface area (Å²) in [4.78, 5) is 12.3. The Kier molecular flexibility index (Phi) is 9.50. The second-order valence-electron chi connectivity index (χ2n) is 6.35. The topological polar surface area (TPSA) is 64.4 Å². The summed E-state index contributed by atoms with van der Waals surface area (Å²) in [6.45, 7) is 9.02. The van der Waals surface area contributed by atoms with E-state index in [1.165, 1.54) is 0 Å². The Labute approximate surface area is 136 Å². The first-order valence-electron chi connectivity index (χ1n) is 8.16. The standard InChI is InChI=1S/C16H32N2O2.ClH/c1-5-9-16(4,17)15(19)18-13-8-10-20-14(11-13)12(6-2)7-3;/h12-14H,5-11,17H2,1-4H3,(H,18,19);1H. The molecule has 4 nitrogen and oxygen atoms in total. The SMILES string of the molecule is CCCC(C)(N)C(=O)NC1CCOC(C(CC)CC)C1.Cl. The van der Waals surface area contributed by atoms with Crippen LogP contribution in [0, 0.1) is 5.92 Å². The average molecular weight is 321 g/mol. The summed E-state index contributed by atoms with van der Waals surface area (Å²) in [5.74, 6) is 0.573. The molecule has 5 heteroatoms. The fraction of sp³-hybridized carbons (Fsp3) is 0.938. The zero-order valence-electron chi connectivity index (χ0n) is 14.0. The summed E-state index contributed by atoms with van der Waals surface area (Å²) in [6.07, 6.45) is 5.99. The lowest BCUT2D eigenvalue weighted by atomic mass is 9.88. The molecule has 1 fully saturated rings. The Morgan fingerprint density at radius 2 is 2.00 bits per heavy atom. The van der Waals surface area contributed by atoms with E-state index in [0.29, 0.717) is 5.92 Å². The second-order valence-corrected chi connectivity index (χ2v) is 6.35. The minimum Gasteiger partial charge on any atom is -0.378 e. The maximum absolute atomic E-state index is 12.3. The number of amides is 1. The van der Waals surface area contributed by atoms with Crippen LogP contribution in [0.5, 0.6) is 0 Å². The molecular formula is C16H33ClN2O2. The predicted molar refractivity (Wildman–Crippen MR) is 89.7 cm³/mol. The number of nitrogens with two attached hydrogens (primary N) is 1. The van der Waals surface area contributed by atoms with Gasteiger partial charge in [-0.25, -0.2) is 0 Å². The van der Waals surface area contributed by atoms with Crippen LogP contribution in [0.1, 0.15) is 66.2 Å². The zero-order valence-corrected chi connectivity index (χ0v) is 14.8. The van der Waals surface area contributed by atoms with Gasteiger partial charge in [-0.05, 0) is 32.1 Å². The number of halogens is 1. The second kappa shape index (κ2) is 9.65. The van der Waals surface area contributed by atoms with Gasteiger partial charge in [0.05, 0.1) is 11.6 Å². The van der Waals surface area contributed by atoms with Crippen LogP contribution in [0.4, 0.5) is 0 Å². The van der Waals surface area contributed by atoms with Gasteiger partial charge in [-0.2, -0.15) is 0 Å². The van der Waals surface area contributed by atoms with Gasteiger partial charge in [-0.15, -0.1) is 12.4 Å². The van der Waals surface area contributed by atoms with E-state index in [-0.39, 0.29) is 30.5 Å². The quantitative estimate of drug-likeness (QED) is 0.758. The molecule has 0 aromatic heterocycles. The lowest BCUT2D eigenvalue weighted by Gasteiger charge is -2.36. The molecular weight excluding hydrogens is 288 g/mol. The van der Waals surface area contributed by atoms with E-state index < -0.39 is 5.54 Å². The van der Waals surface area contributed by atoms with E-state index in [1.54, 1.807) is 0 Å². The highest BCUT2D eigenvalue weighted by molar-refractivity contribution is 5.86. The molecule has 1 heterocycles. The molecule has 21 heavy (non-hydrogen) atoms. The van der Waals surface area contributed by atoms with Gasteiger partial charge in [-0.1, -0.05) is 40.0 Å². The zero-order chi connectivity index (χ0) is 15.2. The Morgan fingerprint density at radius 1 is 1.38 bits per heavy atom. The summed E-state index contributed by atoms with van der Waals surface area (Å²) in [5.41, 5.74) is 5.34. The van der Waals surface area contributed by atoms with Gasteiger partial charge in [0.1, 0.15) is 0 Å². The number of rotatable bonds is 7. The molecule has 0 radical (unpaired) electrons. The lowest BCUT2D eigenvalue weighted by Crippen LogP contribution is -2.55. The average Bonchev–Trinajstić information content (AvgIpc) is 2.40. The van der Waals surface area contributed by atoms with E-state index in [2.05, 4.69) is 26.1 Å². The first kappa shape index (κ1) is 20.7. The van der Waals surface area contributed by atoms with E-state index in [4.69, 9.17) is 10.5 Å². The van der Waals surface area contributed by atoms with Crippen LogP contribution in [0.25, 0.3) is 0 Å². The number of hydrogen-bond donors (Lipinski definition) is 2. The highest BCUT2D eigenvalue weighted by atomic mass is 35.5. The molecule has 1 saturated heterocycles. The molecule has 1 amide bonds. The molecule has 0 aliphatic carbocycles. The molecule has 0 saturated carbocycles. The largest absolute Gasteiger partial charge is 0.378 e. The van der Waals surface area contributed by atoms with E-state index >= 15 is 0 Å². The first-order chi connectivity index (χ1) is 9.44. The first-order valence-corrected chi connectivity index (χ1v) is 8.16. The fourth-order valence-corrected chi connectivity index (χ4v) is 3.09. The Morgan fingerprint density at radius 3 is 2.52 bits per heavy atom. The summed E-state index contributed by atoms with van der Waals surface area (Å²) in [5, 5.41) is 3.13. The van der Waals surface area contributed by atoms with Crippen LogP contribution in [-0.4, -0.2) is 30.2 Å². The molecule has 1 aliphatic rings. The van der Waals surface area contributed by atoms with Gasteiger partial charge < -0.3 is 15.8 Å². The molecule has 0 bridgehead atoms. The summed E-state index contributed by atoms with van der Waals surface area (Å²) in [7, 11) is 0. The third-order valence-electron chi connectivity index (χ3n) is 4.51. The third kappa shape index (κ3) is 6.13. The predicted octanol–water partition coefficient (Wildman–Crippen LogP) is 3.03. The summed E-state index contributed by atoms with van der Waals surface area (Å²) >= 11 is 0. The number of nitrogens with one attached hydrogen (secondary N) is 1. The van der Waals surface area contributed by atoms with Crippen molar-refractivity contribution >= 4 is 18.3 Å². The monoisotopic (exact) mass is 320 g/mol. The van der Waals surface area contributed by atoms with E-state index in [1.807, 2.05) is 6.92 Å². The number of ether oxygens (including phenoxy) is 1. The maximum Gasteiger partial charge on any atom is 0.240 e. The van der Waals surface area contributed by atoms with Gasteiger partial charge in [0.25, 0.3) is 0 Å². The normalized spacial score (nSPS) is 25.0. The molecule has 0 aromatic rings. The molecule has 1 rings (SSSR count). The van der Waals surface area contributed by atoms with Crippen LogP contribution in [-0.2, 0) is 9.53 Å². The smallest absolute Gasteiger partial charge is 0.240 e. The van der Waals surface area contributed by atoms with Crippen molar-refractivity contribution in [1.29, 1.82) is 0 Å². The Balaban J connectivity index is 0.00000400. The van der Waals surface area contributed by atoms with Crippen molar-refractivity contribution in [3.8, 4) is 0 Å². The number of carbonyl (C=O) groups excluding carboxylic acids is 1. The summed E-state index contributed by atoms with van der Waals surface area (Å²) < 4.78 is 5.88. The number of hydrogen-bond acceptors (Lipinski definition) is 3. The lowest BCUT2D eigenvalue weighted by molar-refractivity contribution is -0.128. The molecule has 3 N–H and O–H groups in total. The minimum absolute atomic E-state index is 0. The van der Waals surface area contributed by atoms with Gasteiger partial charge in [0.15, 0.2) is 0 Å². The van der Waals surface area contributed by atoms with Crippen molar-refractivity contribution in [1.82, 2.24) is 5.32 Å². The van der Waals surface area contributed by atoms with Crippen LogP contribution >= 0.6 is 12.4 Å². The van der Waals surface area contributed by atoms with Gasteiger partial charge in [0, 0.05) is 12.6 Å².